The highest BCUT2D eigenvalue weighted by atomic mass is 32.2. The largest absolute Gasteiger partial charge is 0.324 e. The standard InChI is InChI=1S/C8H18N2O4S2/c1-8(2,9)6-10-16(13,14)7-3-4-15(11,12)5-7/h7,10H,3-6,9H2,1-2H3. The van der Waals surface area contributed by atoms with Crippen LogP contribution in [0.2, 0.25) is 0 Å². The first kappa shape index (κ1) is 13.9. The SMILES string of the molecule is CC(C)(N)CNS(=O)(=O)C1CCS(=O)(=O)C1. The van der Waals surface area contributed by atoms with Crippen LogP contribution in [0.1, 0.15) is 20.3 Å². The zero-order valence-electron chi connectivity index (χ0n) is 9.43. The summed E-state index contributed by atoms with van der Waals surface area (Å²) in [6.07, 6.45) is 0.169. The number of rotatable bonds is 4. The fourth-order valence-electron chi connectivity index (χ4n) is 1.41. The summed E-state index contributed by atoms with van der Waals surface area (Å²) < 4.78 is 48.2. The smallest absolute Gasteiger partial charge is 0.215 e. The number of nitrogens with one attached hydrogen (secondary N) is 1. The van der Waals surface area contributed by atoms with Crippen LogP contribution >= 0.6 is 0 Å². The van der Waals surface area contributed by atoms with Gasteiger partial charge in [-0.2, -0.15) is 0 Å². The van der Waals surface area contributed by atoms with Gasteiger partial charge >= 0.3 is 0 Å². The third kappa shape index (κ3) is 4.00. The molecule has 1 atom stereocenters. The lowest BCUT2D eigenvalue weighted by Gasteiger charge is -2.20. The van der Waals surface area contributed by atoms with Crippen molar-refractivity contribution in [1.82, 2.24) is 4.72 Å². The summed E-state index contributed by atoms with van der Waals surface area (Å²) in [5, 5.41) is -0.833. The summed E-state index contributed by atoms with van der Waals surface area (Å²) in [6, 6.07) is 0. The molecule has 1 saturated heterocycles. The van der Waals surface area contributed by atoms with E-state index in [-0.39, 0.29) is 24.5 Å². The molecule has 0 saturated carbocycles. The van der Waals surface area contributed by atoms with E-state index in [1.807, 2.05) is 0 Å². The second-order valence-electron chi connectivity index (χ2n) is 4.88. The Hall–Kier alpha value is -0.180. The van der Waals surface area contributed by atoms with Gasteiger partial charge in [-0.1, -0.05) is 0 Å². The van der Waals surface area contributed by atoms with Gasteiger partial charge in [-0.3, -0.25) is 0 Å². The summed E-state index contributed by atoms with van der Waals surface area (Å²) in [4.78, 5) is 0. The van der Waals surface area contributed by atoms with Crippen LogP contribution in [0.4, 0.5) is 0 Å². The van der Waals surface area contributed by atoms with Crippen LogP contribution in [0.25, 0.3) is 0 Å². The molecule has 3 N–H and O–H groups in total. The quantitative estimate of drug-likeness (QED) is 0.669. The van der Waals surface area contributed by atoms with E-state index in [1.54, 1.807) is 13.8 Å². The zero-order chi connectivity index (χ0) is 12.6. The molecule has 0 bridgehead atoms. The van der Waals surface area contributed by atoms with E-state index >= 15 is 0 Å². The van der Waals surface area contributed by atoms with Gasteiger partial charge in [0, 0.05) is 12.1 Å². The van der Waals surface area contributed by atoms with E-state index in [0.29, 0.717) is 0 Å². The van der Waals surface area contributed by atoms with Crippen molar-refractivity contribution in [2.45, 2.75) is 31.1 Å². The maximum Gasteiger partial charge on any atom is 0.215 e. The van der Waals surface area contributed by atoms with Crippen molar-refractivity contribution in [1.29, 1.82) is 0 Å². The summed E-state index contributed by atoms with van der Waals surface area (Å²) in [5.74, 6) is -0.335. The van der Waals surface area contributed by atoms with Crippen molar-refractivity contribution in [2.24, 2.45) is 5.73 Å². The monoisotopic (exact) mass is 270 g/mol. The molecule has 0 aliphatic carbocycles. The second-order valence-corrected chi connectivity index (χ2v) is 9.15. The number of nitrogens with two attached hydrogens (primary N) is 1. The average Bonchev–Trinajstić information content (AvgIpc) is 2.42. The van der Waals surface area contributed by atoms with Crippen LogP contribution in [0.3, 0.4) is 0 Å². The molecule has 16 heavy (non-hydrogen) atoms. The zero-order valence-corrected chi connectivity index (χ0v) is 11.1. The molecule has 0 radical (unpaired) electrons. The Morgan fingerprint density at radius 2 is 2.00 bits per heavy atom. The van der Waals surface area contributed by atoms with E-state index in [1.165, 1.54) is 0 Å². The third-order valence-corrected chi connectivity index (χ3v) is 6.16. The van der Waals surface area contributed by atoms with Crippen LogP contribution in [-0.4, -0.2) is 45.7 Å². The number of hydrogen-bond acceptors (Lipinski definition) is 5. The van der Waals surface area contributed by atoms with Crippen LogP contribution in [0.15, 0.2) is 0 Å². The molecular weight excluding hydrogens is 252 g/mol. The van der Waals surface area contributed by atoms with Crippen molar-refractivity contribution in [2.75, 3.05) is 18.1 Å². The topological polar surface area (TPSA) is 106 Å². The molecule has 0 aromatic rings. The van der Waals surface area contributed by atoms with Gasteiger partial charge in [-0.05, 0) is 20.3 Å². The minimum Gasteiger partial charge on any atom is -0.324 e. The predicted molar refractivity (Wildman–Crippen MR) is 62.2 cm³/mol. The summed E-state index contributed by atoms with van der Waals surface area (Å²) in [5.41, 5.74) is 5.00. The van der Waals surface area contributed by atoms with Crippen molar-refractivity contribution in [3.63, 3.8) is 0 Å². The van der Waals surface area contributed by atoms with Gasteiger partial charge in [0.2, 0.25) is 10.0 Å². The highest BCUT2D eigenvalue weighted by Gasteiger charge is 2.37. The Labute approximate surface area is 96.6 Å². The molecule has 1 aliphatic rings. The molecule has 0 aromatic carbocycles. The van der Waals surface area contributed by atoms with Gasteiger partial charge in [-0.25, -0.2) is 21.6 Å². The lowest BCUT2D eigenvalue weighted by molar-refractivity contribution is 0.494. The number of sulfone groups is 1. The molecule has 96 valence electrons. The highest BCUT2D eigenvalue weighted by Crippen LogP contribution is 2.18. The fraction of sp³-hybridized carbons (Fsp3) is 1.00. The van der Waals surface area contributed by atoms with Crippen molar-refractivity contribution < 1.29 is 16.8 Å². The minimum absolute atomic E-state index is 0.0510. The normalized spacial score (nSPS) is 25.8. The number of sulfonamides is 1. The van der Waals surface area contributed by atoms with Gasteiger partial charge in [0.25, 0.3) is 0 Å². The van der Waals surface area contributed by atoms with E-state index in [0.717, 1.165) is 0 Å². The van der Waals surface area contributed by atoms with E-state index < -0.39 is 30.6 Å². The van der Waals surface area contributed by atoms with Crippen molar-refractivity contribution >= 4 is 19.9 Å². The first-order chi connectivity index (χ1) is 7.02. The molecule has 1 heterocycles. The van der Waals surface area contributed by atoms with Gasteiger partial charge < -0.3 is 5.73 Å². The highest BCUT2D eigenvalue weighted by molar-refractivity contribution is 7.95. The lowest BCUT2D eigenvalue weighted by Crippen LogP contribution is -2.47. The minimum atomic E-state index is -3.57. The van der Waals surface area contributed by atoms with Gasteiger partial charge in [0.1, 0.15) is 0 Å². The molecule has 0 spiro atoms. The Bertz CT molecular complexity index is 447. The van der Waals surface area contributed by atoms with Gasteiger partial charge in [0.15, 0.2) is 9.84 Å². The third-order valence-electron chi connectivity index (χ3n) is 2.36. The molecule has 1 unspecified atom stereocenters. The summed E-state index contributed by atoms with van der Waals surface area (Å²) >= 11 is 0. The molecule has 1 rings (SSSR count). The Kier molecular flexibility index (Phi) is 3.68. The molecular formula is C8H18N2O4S2. The fourth-order valence-corrected chi connectivity index (χ4v) is 5.68. The molecule has 1 aliphatic heterocycles. The maximum atomic E-state index is 11.7. The predicted octanol–water partition coefficient (Wildman–Crippen LogP) is -1.17. The van der Waals surface area contributed by atoms with Crippen LogP contribution < -0.4 is 10.5 Å². The van der Waals surface area contributed by atoms with Crippen LogP contribution in [0.5, 0.6) is 0 Å². The Balaban J connectivity index is 2.67. The average molecular weight is 270 g/mol. The molecule has 1 fully saturated rings. The lowest BCUT2D eigenvalue weighted by atomic mass is 10.1. The van der Waals surface area contributed by atoms with E-state index in [2.05, 4.69) is 4.72 Å². The first-order valence-electron chi connectivity index (χ1n) is 5.00. The van der Waals surface area contributed by atoms with Gasteiger partial charge in [0.05, 0.1) is 16.8 Å². The van der Waals surface area contributed by atoms with Gasteiger partial charge in [-0.15, -0.1) is 0 Å². The van der Waals surface area contributed by atoms with E-state index in [4.69, 9.17) is 5.73 Å². The van der Waals surface area contributed by atoms with Crippen LogP contribution in [-0.2, 0) is 19.9 Å². The molecule has 8 heteroatoms. The molecule has 0 amide bonds. The van der Waals surface area contributed by atoms with Crippen molar-refractivity contribution in [3.05, 3.63) is 0 Å². The van der Waals surface area contributed by atoms with Crippen LogP contribution in [0, 0.1) is 0 Å². The molecule has 0 aromatic heterocycles. The maximum absolute atomic E-state index is 11.7. The molecule has 6 nitrogen and oxygen atoms in total. The number of hydrogen-bond donors (Lipinski definition) is 2. The summed E-state index contributed by atoms with van der Waals surface area (Å²) in [7, 11) is -6.76. The van der Waals surface area contributed by atoms with E-state index in [9.17, 15) is 16.8 Å². The van der Waals surface area contributed by atoms with Crippen molar-refractivity contribution in [3.8, 4) is 0 Å². The first-order valence-corrected chi connectivity index (χ1v) is 8.36. The Morgan fingerprint density at radius 1 is 1.44 bits per heavy atom. The Morgan fingerprint density at radius 3 is 2.38 bits per heavy atom. The summed E-state index contributed by atoms with van der Waals surface area (Å²) in [6.45, 7) is 3.49. The second kappa shape index (κ2) is 4.25.